The van der Waals surface area contributed by atoms with Crippen molar-refractivity contribution in [2.75, 3.05) is 20.7 Å². The van der Waals surface area contributed by atoms with Crippen molar-refractivity contribution in [2.45, 2.75) is 6.42 Å². The molecule has 0 saturated heterocycles. The number of methoxy groups -OCH3 is 1. The Kier molecular flexibility index (Phi) is 3.83. The van der Waals surface area contributed by atoms with Crippen LogP contribution in [0.3, 0.4) is 0 Å². The van der Waals surface area contributed by atoms with Gasteiger partial charge in [0.2, 0.25) is 0 Å². The molecule has 78 valence electrons. The highest BCUT2D eigenvalue weighted by molar-refractivity contribution is 5.31. The van der Waals surface area contributed by atoms with E-state index in [0.29, 0.717) is 18.5 Å². The molecule has 0 spiro atoms. The summed E-state index contributed by atoms with van der Waals surface area (Å²) >= 11 is 0. The zero-order valence-electron chi connectivity index (χ0n) is 8.23. The first-order chi connectivity index (χ1) is 6.69. The fourth-order valence-corrected chi connectivity index (χ4v) is 1.22. The van der Waals surface area contributed by atoms with E-state index in [4.69, 9.17) is 0 Å². The highest BCUT2D eigenvalue weighted by Crippen LogP contribution is 2.22. The second kappa shape index (κ2) is 4.91. The Balaban J connectivity index is 2.90. The average Bonchev–Trinajstić information content (AvgIpc) is 2.14. The maximum atomic E-state index is 13.2. The standard InChI is InChI=1S/C10H13F2NO/c1-13-4-3-7-5-8(11)10(14-2)9(12)6-7/h5-6,13H,3-4H2,1-2H3. The summed E-state index contributed by atoms with van der Waals surface area (Å²) < 4.78 is 30.9. The molecule has 0 atom stereocenters. The minimum absolute atomic E-state index is 0.321. The van der Waals surface area contributed by atoms with E-state index >= 15 is 0 Å². The fraction of sp³-hybridized carbons (Fsp3) is 0.400. The van der Waals surface area contributed by atoms with Gasteiger partial charge < -0.3 is 10.1 Å². The summed E-state index contributed by atoms with van der Waals surface area (Å²) in [5.74, 6) is -1.63. The molecule has 0 aliphatic carbocycles. The van der Waals surface area contributed by atoms with Crippen molar-refractivity contribution in [3.05, 3.63) is 29.3 Å². The minimum atomic E-state index is -0.654. The summed E-state index contributed by atoms with van der Waals surface area (Å²) in [6.45, 7) is 0.686. The summed E-state index contributed by atoms with van der Waals surface area (Å²) in [7, 11) is 3.03. The van der Waals surface area contributed by atoms with Gasteiger partial charge in [-0.25, -0.2) is 8.78 Å². The molecule has 0 amide bonds. The number of likely N-dealkylation sites (N-methyl/N-ethyl adjacent to an activating group) is 1. The van der Waals surface area contributed by atoms with Crippen LogP contribution in [0.2, 0.25) is 0 Å². The zero-order chi connectivity index (χ0) is 10.6. The Labute approximate surface area is 81.9 Å². The van der Waals surface area contributed by atoms with Crippen LogP contribution >= 0.6 is 0 Å². The Morgan fingerprint density at radius 1 is 1.29 bits per heavy atom. The first-order valence-corrected chi connectivity index (χ1v) is 4.35. The van der Waals surface area contributed by atoms with E-state index in [-0.39, 0.29) is 5.75 Å². The average molecular weight is 201 g/mol. The van der Waals surface area contributed by atoms with E-state index in [2.05, 4.69) is 10.1 Å². The topological polar surface area (TPSA) is 21.3 Å². The Hall–Kier alpha value is -1.16. The Bertz CT molecular complexity index is 292. The third-order valence-electron chi connectivity index (χ3n) is 1.93. The molecule has 1 rings (SSSR count). The van der Waals surface area contributed by atoms with E-state index < -0.39 is 11.6 Å². The first kappa shape index (κ1) is 10.9. The lowest BCUT2D eigenvalue weighted by Crippen LogP contribution is -2.10. The lowest BCUT2D eigenvalue weighted by molar-refractivity contribution is 0.359. The lowest BCUT2D eigenvalue weighted by Gasteiger charge is -2.06. The fourth-order valence-electron chi connectivity index (χ4n) is 1.22. The van der Waals surface area contributed by atoms with E-state index in [1.807, 2.05) is 0 Å². The van der Waals surface area contributed by atoms with Crippen LogP contribution in [0.4, 0.5) is 8.78 Å². The molecule has 0 aromatic heterocycles. The summed E-state index contributed by atoms with van der Waals surface area (Å²) in [4.78, 5) is 0. The van der Waals surface area contributed by atoms with Crippen LogP contribution < -0.4 is 10.1 Å². The Morgan fingerprint density at radius 2 is 1.86 bits per heavy atom. The molecule has 0 heterocycles. The summed E-state index contributed by atoms with van der Waals surface area (Å²) in [5, 5.41) is 2.91. The monoisotopic (exact) mass is 201 g/mol. The molecule has 0 aliphatic rings. The second-order valence-electron chi connectivity index (χ2n) is 2.95. The highest BCUT2D eigenvalue weighted by Gasteiger charge is 2.10. The van der Waals surface area contributed by atoms with E-state index in [1.54, 1.807) is 7.05 Å². The maximum Gasteiger partial charge on any atom is 0.190 e. The van der Waals surface area contributed by atoms with Crippen LogP contribution in [0.25, 0.3) is 0 Å². The van der Waals surface area contributed by atoms with Gasteiger partial charge in [0.25, 0.3) is 0 Å². The lowest BCUT2D eigenvalue weighted by atomic mass is 10.1. The molecule has 2 nitrogen and oxygen atoms in total. The Morgan fingerprint density at radius 3 is 2.29 bits per heavy atom. The summed E-state index contributed by atoms with van der Waals surface area (Å²) in [5.41, 5.74) is 0.621. The molecule has 0 saturated carbocycles. The van der Waals surface area contributed by atoms with Gasteiger partial charge >= 0.3 is 0 Å². The van der Waals surface area contributed by atoms with Crippen LogP contribution in [-0.4, -0.2) is 20.7 Å². The van der Waals surface area contributed by atoms with Gasteiger partial charge in [-0.2, -0.15) is 0 Å². The van der Waals surface area contributed by atoms with Crippen molar-refractivity contribution in [3.8, 4) is 5.75 Å². The maximum absolute atomic E-state index is 13.2. The van der Waals surface area contributed by atoms with Crippen LogP contribution in [0.15, 0.2) is 12.1 Å². The van der Waals surface area contributed by atoms with Crippen molar-refractivity contribution in [1.29, 1.82) is 0 Å². The first-order valence-electron chi connectivity index (χ1n) is 4.35. The van der Waals surface area contributed by atoms with Gasteiger partial charge in [-0.1, -0.05) is 0 Å². The molecule has 1 aromatic rings. The molecular weight excluding hydrogens is 188 g/mol. The third-order valence-corrected chi connectivity index (χ3v) is 1.93. The molecule has 4 heteroatoms. The van der Waals surface area contributed by atoms with Crippen LogP contribution in [0.1, 0.15) is 5.56 Å². The van der Waals surface area contributed by atoms with E-state index in [1.165, 1.54) is 19.2 Å². The number of ether oxygens (including phenoxy) is 1. The molecule has 14 heavy (non-hydrogen) atoms. The van der Waals surface area contributed by atoms with Crippen molar-refractivity contribution in [3.63, 3.8) is 0 Å². The smallest absolute Gasteiger partial charge is 0.190 e. The number of rotatable bonds is 4. The van der Waals surface area contributed by atoms with Gasteiger partial charge in [-0.15, -0.1) is 0 Å². The van der Waals surface area contributed by atoms with Gasteiger partial charge in [0.15, 0.2) is 17.4 Å². The van der Waals surface area contributed by atoms with Crippen LogP contribution in [-0.2, 0) is 6.42 Å². The molecule has 1 N–H and O–H groups in total. The highest BCUT2D eigenvalue weighted by atomic mass is 19.1. The summed E-state index contributed by atoms with van der Waals surface area (Å²) in [6.07, 6.45) is 0.592. The number of benzene rings is 1. The van der Waals surface area contributed by atoms with Crippen LogP contribution in [0, 0.1) is 11.6 Å². The van der Waals surface area contributed by atoms with Gasteiger partial charge in [-0.3, -0.25) is 0 Å². The second-order valence-corrected chi connectivity index (χ2v) is 2.95. The number of nitrogens with one attached hydrogen (secondary N) is 1. The quantitative estimate of drug-likeness (QED) is 0.801. The molecule has 0 unspecified atom stereocenters. The molecular formula is C10H13F2NO. The predicted molar refractivity (Wildman–Crippen MR) is 50.5 cm³/mol. The van der Waals surface area contributed by atoms with Gasteiger partial charge in [0.05, 0.1) is 7.11 Å². The largest absolute Gasteiger partial charge is 0.491 e. The van der Waals surface area contributed by atoms with E-state index in [0.717, 1.165) is 0 Å². The number of halogens is 2. The normalized spacial score (nSPS) is 10.3. The number of hydrogen-bond acceptors (Lipinski definition) is 2. The molecule has 1 aromatic carbocycles. The van der Waals surface area contributed by atoms with Crippen molar-refractivity contribution in [2.24, 2.45) is 0 Å². The van der Waals surface area contributed by atoms with Crippen molar-refractivity contribution < 1.29 is 13.5 Å². The van der Waals surface area contributed by atoms with Crippen LogP contribution in [0.5, 0.6) is 5.75 Å². The zero-order valence-corrected chi connectivity index (χ0v) is 8.23. The SMILES string of the molecule is CNCCc1cc(F)c(OC)c(F)c1. The van der Waals surface area contributed by atoms with Gasteiger partial charge in [-0.05, 0) is 37.7 Å². The van der Waals surface area contributed by atoms with Gasteiger partial charge in [0, 0.05) is 0 Å². The minimum Gasteiger partial charge on any atom is -0.491 e. The molecule has 0 bridgehead atoms. The number of hydrogen-bond donors (Lipinski definition) is 1. The predicted octanol–water partition coefficient (Wildman–Crippen LogP) is 1.74. The van der Waals surface area contributed by atoms with Crippen molar-refractivity contribution >= 4 is 0 Å². The molecule has 0 fully saturated rings. The van der Waals surface area contributed by atoms with Gasteiger partial charge in [0.1, 0.15) is 0 Å². The molecule has 0 radical (unpaired) electrons. The third kappa shape index (κ3) is 2.42. The molecule has 0 aliphatic heterocycles. The summed E-state index contributed by atoms with van der Waals surface area (Å²) in [6, 6.07) is 2.58. The van der Waals surface area contributed by atoms with E-state index in [9.17, 15) is 8.78 Å². The van der Waals surface area contributed by atoms with Crippen molar-refractivity contribution in [1.82, 2.24) is 5.32 Å².